The second-order valence-corrected chi connectivity index (χ2v) is 6.52. The molecule has 1 aliphatic rings. The molecule has 0 heterocycles. The average Bonchev–Trinajstić information content (AvgIpc) is 2.59. The Balaban J connectivity index is 1.93. The van der Waals surface area contributed by atoms with Crippen LogP contribution in [0, 0.1) is 5.92 Å². The molecule has 0 radical (unpaired) electrons. The van der Waals surface area contributed by atoms with Gasteiger partial charge in [0.1, 0.15) is 0 Å². The van der Waals surface area contributed by atoms with Crippen LogP contribution in [0.2, 0.25) is 0 Å². The van der Waals surface area contributed by atoms with E-state index in [1.54, 1.807) is 14.2 Å². The molecule has 1 aromatic rings. The van der Waals surface area contributed by atoms with Crippen LogP contribution in [0.1, 0.15) is 44.6 Å². The molecule has 1 aromatic carbocycles. The SMILES string of the molecule is COc1ccc(CCC(=O)N(C)C2CCCCC2C)cc1OC. The quantitative estimate of drug-likeness (QED) is 0.803. The van der Waals surface area contributed by atoms with Crippen molar-refractivity contribution < 1.29 is 14.3 Å². The number of carbonyl (C=O) groups excluding carboxylic acids is 1. The summed E-state index contributed by atoms with van der Waals surface area (Å²) in [5.74, 6) is 2.28. The minimum absolute atomic E-state index is 0.235. The number of carbonyl (C=O) groups is 1. The van der Waals surface area contributed by atoms with E-state index in [0.717, 1.165) is 24.2 Å². The van der Waals surface area contributed by atoms with Crippen molar-refractivity contribution in [3.63, 3.8) is 0 Å². The van der Waals surface area contributed by atoms with E-state index in [1.165, 1.54) is 19.3 Å². The Morgan fingerprint density at radius 3 is 2.52 bits per heavy atom. The van der Waals surface area contributed by atoms with Crippen LogP contribution >= 0.6 is 0 Å². The van der Waals surface area contributed by atoms with Crippen LogP contribution in [0.5, 0.6) is 11.5 Å². The molecule has 4 heteroatoms. The molecule has 2 atom stereocenters. The number of hydrogen-bond donors (Lipinski definition) is 0. The molecule has 1 aliphatic carbocycles. The third kappa shape index (κ3) is 4.40. The van der Waals surface area contributed by atoms with Crippen LogP contribution in [0.3, 0.4) is 0 Å². The zero-order valence-corrected chi connectivity index (χ0v) is 14.8. The van der Waals surface area contributed by atoms with Crippen molar-refractivity contribution in [1.29, 1.82) is 0 Å². The van der Waals surface area contributed by atoms with Gasteiger partial charge in [0.25, 0.3) is 0 Å². The first-order valence-electron chi connectivity index (χ1n) is 8.53. The Morgan fingerprint density at radius 1 is 1.17 bits per heavy atom. The van der Waals surface area contributed by atoms with Gasteiger partial charge in [0.15, 0.2) is 11.5 Å². The number of ether oxygens (including phenoxy) is 2. The van der Waals surface area contributed by atoms with Crippen molar-refractivity contribution in [3.8, 4) is 11.5 Å². The standard InChI is InChI=1S/C19H29NO3/c1-14-7-5-6-8-16(14)20(2)19(21)12-10-15-9-11-17(22-3)18(13-15)23-4/h9,11,13-14,16H,5-8,10,12H2,1-4H3. The van der Waals surface area contributed by atoms with Crippen LogP contribution in [0.15, 0.2) is 18.2 Å². The zero-order chi connectivity index (χ0) is 16.8. The van der Waals surface area contributed by atoms with Crippen molar-refractivity contribution in [2.24, 2.45) is 5.92 Å². The molecule has 23 heavy (non-hydrogen) atoms. The normalized spacial score (nSPS) is 20.9. The Bertz CT molecular complexity index is 529. The molecule has 1 saturated carbocycles. The van der Waals surface area contributed by atoms with E-state index in [1.807, 2.05) is 30.1 Å². The lowest BCUT2D eigenvalue weighted by Crippen LogP contribution is -2.42. The van der Waals surface area contributed by atoms with Gasteiger partial charge in [-0.05, 0) is 42.9 Å². The summed E-state index contributed by atoms with van der Waals surface area (Å²) < 4.78 is 10.6. The smallest absolute Gasteiger partial charge is 0.222 e. The average molecular weight is 319 g/mol. The summed E-state index contributed by atoms with van der Waals surface area (Å²) in [5.41, 5.74) is 1.10. The molecule has 0 aliphatic heterocycles. The van der Waals surface area contributed by atoms with Gasteiger partial charge in [0.2, 0.25) is 5.91 Å². The van der Waals surface area contributed by atoms with Crippen LogP contribution in [-0.2, 0) is 11.2 Å². The summed E-state index contributed by atoms with van der Waals surface area (Å²) in [6.07, 6.45) is 6.17. The van der Waals surface area contributed by atoms with Crippen molar-refractivity contribution >= 4 is 5.91 Å². The van der Waals surface area contributed by atoms with Gasteiger partial charge < -0.3 is 14.4 Å². The number of amides is 1. The first-order valence-corrected chi connectivity index (χ1v) is 8.53. The third-order valence-corrected chi connectivity index (χ3v) is 5.03. The summed E-state index contributed by atoms with van der Waals surface area (Å²) in [6.45, 7) is 2.27. The maximum absolute atomic E-state index is 12.5. The first kappa shape index (κ1) is 17.6. The van der Waals surface area contributed by atoms with Crippen molar-refractivity contribution in [2.75, 3.05) is 21.3 Å². The number of nitrogens with zero attached hydrogens (tertiary/aromatic N) is 1. The Morgan fingerprint density at radius 2 is 1.87 bits per heavy atom. The lowest BCUT2D eigenvalue weighted by atomic mass is 9.85. The van der Waals surface area contributed by atoms with E-state index in [9.17, 15) is 4.79 Å². The predicted octanol–water partition coefficient (Wildman–Crippen LogP) is 3.67. The second kappa shape index (κ2) is 8.23. The highest BCUT2D eigenvalue weighted by Crippen LogP contribution is 2.29. The Hall–Kier alpha value is -1.71. The maximum Gasteiger partial charge on any atom is 0.222 e. The first-order chi connectivity index (χ1) is 11.1. The van der Waals surface area contributed by atoms with Gasteiger partial charge in [0.05, 0.1) is 14.2 Å². The van der Waals surface area contributed by atoms with Crippen LogP contribution in [-0.4, -0.2) is 38.1 Å². The molecule has 4 nitrogen and oxygen atoms in total. The van der Waals surface area contributed by atoms with Crippen LogP contribution < -0.4 is 9.47 Å². The Kier molecular flexibility index (Phi) is 6.31. The monoisotopic (exact) mass is 319 g/mol. The molecule has 0 saturated heterocycles. The highest BCUT2D eigenvalue weighted by molar-refractivity contribution is 5.76. The summed E-state index contributed by atoms with van der Waals surface area (Å²) in [6, 6.07) is 6.25. The zero-order valence-electron chi connectivity index (χ0n) is 14.8. The molecule has 2 rings (SSSR count). The Labute approximate surface area is 139 Å². The molecular weight excluding hydrogens is 290 g/mol. The van der Waals surface area contributed by atoms with Crippen LogP contribution in [0.4, 0.5) is 0 Å². The minimum atomic E-state index is 0.235. The number of rotatable bonds is 6. The van der Waals surface area contributed by atoms with Gasteiger partial charge in [-0.1, -0.05) is 25.8 Å². The van der Waals surface area contributed by atoms with E-state index >= 15 is 0 Å². The number of aryl methyl sites for hydroxylation is 1. The fraction of sp³-hybridized carbons (Fsp3) is 0.632. The highest BCUT2D eigenvalue weighted by Gasteiger charge is 2.27. The molecule has 1 fully saturated rings. The highest BCUT2D eigenvalue weighted by atomic mass is 16.5. The van der Waals surface area contributed by atoms with Gasteiger partial charge in [-0.15, -0.1) is 0 Å². The van der Waals surface area contributed by atoms with Crippen molar-refractivity contribution in [2.45, 2.75) is 51.5 Å². The summed E-state index contributed by atoms with van der Waals surface area (Å²) in [5, 5.41) is 0. The van der Waals surface area contributed by atoms with E-state index in [0.29, 0.717) is 24.1 Å². The molecule has 0 spiro atoms. The summed E-state index contributed by atoms with van der Waals surface area (Å²) in [4.78, 5) is 14.5. The predicted molar refractivity (Wildman–Crippen MR) is 92.1 cm³/mol. The summed E-state index contributed by atoms with van der Waals surface area (Å²) >= 11 is 0. The van der Waals surface area contributed by atoms with Gasteiger partial charge in [-0.25, -0.2) is 0 Å². The molecular formula is C19H29NO3. The lowest BCUT2D eigenvalue weighted by Gasteiger charge is -2.36. The van der Waals surface area contributed by atoms with Gasteiger partial charge in [0, 0.05) is 19.5 Å². The maximum atomic E-state index is 12.5. The van der Waals surface area contributed by atoms with E-state index < -0.39 is 0 Å². The van der Waals surface area contributed by atoms with Gasteiger partial charge >= 0.3 is 0 Å². The number of hydrogen-bond acceptors (Lipinski definition) is 3. The second-order valence-electron chi connectivity index (χ2n) is 6.52. The van der Waals surface area contributed by atoms with Crippen molar-refractivity contribution in [3.05, 3.63) is 23.8 Å². The topological polar surface area (TPSA) is 38.8 Å². The number of methoxy groups -OCH3 is 2. The minimum Gasteiger partial charge on any atom is -0.493 e. The molecule has 0 bridgehead atoms. The molecule has 0 N–H and O–H groups in total. The number of benzene rings is 1. The molecule has 1 amide bonds. The van der Waals surface area contributed by atoms with E-state index in [2.05, 4.69) is 6.92 Å². The van der Waals surface area contributed by atoms with Gasteiger partial charge in [-0.2, -0.15) is 0 Å². The lowest BCUT2D eigenvalue weighted by molar-refractivity contribution is -0.133. The third-order valence-electron chi connectivity index (χ3n) is 5.03. The fourth-order valence-corrected chi connectivity index (χ4v) is 3.52. The van der Waals surface area contributed by atoms with E-state index in [4.69, 9.17) is 9.47 Å². The largest absolute Gasteiger partial charge is 0.493 e. The summed E-state index contributed by atoms with van der Waals surface area (Å²) in [7, 11) is 5.22. The molecule has 0 aromatic heterocycles. The van der Waals surface area contributed by atoms with E-state index in [-0.39, 0.29) is 5.91 Å². The molecule has 128 valence electrons. The van der Waals surface area contributed by atoms with Crippen molar-refractivity contribution in [1.82, 2.24) is 4.90 Å². The van der Waals surface area contributed by atoms with Gasteiger partial charge in [-0.3, -0.25) is 4.79 Å². The van der Waals surface area contributed by atoms with Crippen LogP contribution in [0.25, 0.3) is 0 Å². The fourth-order valence-electron chi connectivity index (χ4n) is 3.52. The molecule has 2 unspecified atom stereocenters.